The molecule has 0 fully saturated rings. The summed E-state index contributed by atoms with van der Waals surface area (Å²) in [5.74, 6) is 1.16. The lowest BCUT2D eigenvalue weighted by atomic mass is 10.1. The monoisotopic (exact) mass is 386 g/mol. The number of hydrogen-bond donors (Lipinski definition) is 1. The van der Waals surface area contributed by atoms with Crippen LogP contribution in [0.5, 0.6) is 0 Å². The molecule has 0 spiro atoms. The van der Waals surface area contributed by atoms with Crippen molar-refractivity contribution in [2.75, 3.05) is 5.75 Å². The number of amides is 1. The summed E-state index contributed by atoms with van der Waals surface area (Å²) in [4.78, 5) is 13.4. The Bertz CT molecular complexity index is 844. The second-order valence-corrected chi connectivity index (χ2v) is 8.13. The van der Waals surface area contributed by atoms with Crippen molar-refractivity contribution in [2.24, 2.45) is 0 Å². The summed E-state index contributed by atoms with van der Waals surface area (Å²) in [6, 6.07) is 14.2. The average molecular weight is 387 g/mol. The van der Waals surface area contributed by atoms with E-state index in [-0.39, 0.29) is 18.0 Å². The number of hydrogen-bond acceptors (Lipinski definition) is 5. The first-order valence-corrected chi connectivity index (χ1v) is 10.4. The molecule has 1 aromatic carbocycles. The molecule has 1 N–H and O–H groups in total. The molecule has 2 heterocycles. The van der Waals surface area contributed by atoms with Gasteiger partial charge in [0.2, 0.25) is 5.91 Å². The van der Waals surface area contributed by atoms with Crippen molar-refractivity contribution < 1.29 is 4.79 Å². The normalized spacial score (nSPS) is 12.3. The summed E-state index contributed by atoms with van der Waals surface area (Å²) in [5.41, 5.74) is 1.09. The first-order valence-electron chi connectivity index (χ1n) is 8.52. The Morgan fingerprint density at radius 3 is 2.58 bits per heavy atom. The first-order chi connectivity index (χ1) is 12.6. The Hall–Kier alpha value is -2.12. The van der Waals surface area contributed by atoms with Gasteiger partial charge in [-0.25, -0.2) is 0 Å². The molecule has 136 valence electrons. The van der Waals surface area contributed by atoms with Gasteiger partial charge in [0.25, 0.3) is 0 Å². The van der Waals surface area contributed by atoms with Crippen LogP contribution in [0, 0.1) is 0 Å². The van der Waals surface area contributed by atoms with Gasteiger partial charge in [0.1, 0.15) is 0 Å². The minimum atomic E-state index is -0.0195. The molecule has 0 saturated carbocycles. The summed E-state index contributed by atoms with van der Waals surface area (Å²) in [5, 5.41) is 14.5. The summed E-state index contributed by atoms with van der Waals surface area (Å²) >= 11 is 3.06. The Balaban J connectivity index is 1.65. The van der Waals surface area contributed by atoms with Crippen molar-refractivity contribution in [1.29, 1.82) is 0 Å². The van der Waals surface area contributed by atoms with Crippen molar-refractivity contribution in [3.05, 3.63) is 53.4 Å². The zero-order valence-corrected chi connectivity index (χ0v) is 16.7. The molecule has 2 aromatic heterocycles. The summed E-state index contributed by atoms with van der Waals surface area (Å²) in [6.07, 6.45) is 0. The molecule has 3 aromatic rings. The molecular weight excluding hydrogens is 364 g/mol. The Morgan fingerprint density at radius 2 is 1.92 bits per heavy atom. The van der Waals surface area contributed by atoms with Gasteiger partial charge in [-0.05, 0) is 37.8 Å². The highest BCUT2D eigenvalue weighted by Gasteiger charge is 2.18. The molecule has 0 bridgehead atoms. The lowest BCUT2D eigenvalue weighted by molar-refractivity contribution is -0.119. The van der Waals surface area contributed by atoms with Crippen LogP contribution in [0.15, 0.2) is 53.0 Å². The smallest absolute Gasteiger partial charge is 0.230 e. The van der Waals surface area contributed by atoms with E-state index in [4.69, 9.17) is 0 Å². The summed E-state index contributed by atoms with van der Waals surface area (Å²) in [6.45, 7) is 6.19. The van der Waals surface area contributed by atoms with Crippen LogP contribution in [0.2, 0.25) is 0 Å². The van der Waals surface area contributed by atoms with Crippen molar-refractivity contribution in [3.63, 3.8) is 0 Å². The van der Waals surface area contributed by atoms with E-state index in [1.165, 1.54) is 11.8 Å². The standard InChI is InChI=1S/C19H22N4OS2/c1-13(2)23-18(16-10-7-11-25-16)21-22-19(23)26-12-17(24)20-14(3)15-8-5-4-6-9-15/h4-11,13-14H,12H2,1-3H3,(H,20,24). The van der Waals surface area contributed by atoms with Crippen LogP contribution in [0.3, 0.4) is 0 Å². The Kier molecular flexibility index (Phi) is 6.11. The number of nitrogens with one attached hydrogen (secondary N) is 1. The maximum atomic E-state index is 12.3. The lowest BCUT2D eigenvalue weighted by Crippen LogP contribution is -2.28. The molecule has 1 amide bonds. The van der Waals surface area contributed by atoms with Crippen molar-refractivity contribution in [1.82, 2.24) is 20.1 Å². The largest absolute Gasteiger partial charge is 0.349 e. The highest BCUT2D eigenvalue weighted by molar-refractivity contribution is 7.99. The van der Waals surface area contributed by atoms with Gasteiger partial charge < -0.3 is 5.32 Å². The fraction of sp³-hybridized carbons (Fsp3) is 0.316. The number of carbonyl (C=O) groups excluding carboxylic acids is 1. The summed E-state index contributed by atoms with van der Waals surface area (Å²) < 4.78 is 2.09. The molecule has 26 heavy (non-hydrogen) atoms. The number of rotatable bonds is 7. The topological polar surface area (TPSA) is 59.8 Å². The third-order valence-electron chi connectivity index (χ3n) is 3.93. The molecule has 0 aliphatic rings. The number of nitrogens with zero attached hydrogens (tertiary/aromatic N) is 3. The van der Waals surface area contributed by atoms with Gasteiger partial charge in [0.05, 0.1) is 16.7 Å². The van der Waals surface area contributed by atoms with Crippen LogP contribution < -0.4 is 5.32 Å². The summed E-state index contributed by atoms with van der Waals surface area (Å²) in [7, 11) is 0. The van der Waals surface area contributed by atoms with Crippen molar-refractivity contribution in [2.45, 2.75) is 38.0 Å². The number of benzene rings is 1. The first kappa shape index (κ1) is 18.7. The molecule has 5 nitrogen and oxygen atoms in total. The molecule has 0 saturated heterocycles. The molecular formula is C19H22N4OS2. The van der Waals surface area contributed by atoms with E-state index in [0.29, 0.717) is 5.75 Å². The van der Waals surface area contributed by atoms with Crippen LogP contribution in [0.25, 0.3) is 10.7 Å². The van der Waals surface area contributed by atoms with E-state index in [9.17, 15) is 4.79 Å². The molecule has 1 unspecified atom stereocenters. The van der Waals surface area contributed by atoms with Gasteiger partial charge >= 0.3 is 0 Å². The minimum Gasteiger partial charge on any atom is -0.349 e. The van der Waals surface area contributed by atoms with Crippen molar-refractivity contribution in [3.8, 4) is 10.7 Å². The minimum absolute atomic E-state index is 0.0117. The van der Waals surface area contributed by atoms with E-state index >= 15 is 0 Å². The van der Waals surface area contributed by atoms with Crippen LogP contribution in [-0.4, -0.2) is 26.4 Å². The average Bonchev–Trinajstić information content (AvgIpc) is 3.29. The number of thioether (sulfide) groups is 1. The zero-order valence-electron chi connectivity index (χ0n) is 15.0. The van der Waals surface area contributed by atoms with E-state index in [0.717, 1.165) is 21.4 Å². The van der Waals surface area contributed by atoms with Gasteiger partial charge in [-0.15, -0.1) is 21.5 Å². The molecule has 3 rings (SSSR count). The highest BCUT2D eigenvalue weighted by Crippen LogP contribution is 2.30. The predicted octanol–water partition coefficient (Wildman–Crippen LogP) is 4.56. The third kappa shape index (κ3) is 4.34. The predicted molar refractivity (Wildman–Crippen MR) is 107 cm³/mol. The van der Waals surface area contributed by atoms with E-state index < -0.39 is 0 Å². The van der Waals surface area contributed by atoms with Gasteiger partial charge in [-0.3, -0.25) is 9.36 Å². The second-order valence-electron chi connectivity index (χ2n) is 6.24. The number of thiophene rings is 1. The third-order valence-corrected chi connectivity index (χ3v) is 5.74. The van der Waals surface area contributed by atoms with Crippen LogP contribution in [0.1, 0.15) is 38.4 Å². The SMILES string of the molecule is CC(NC(=O)CSc1nnc(-c2cccs2)n1C(C)C)c1ccccc1. The van der Waals surface area contributed by atoms with Gasteiger partial charge in [-0.1, -0.05) is 48.2 Å². The van der Waals surface area contributed by atoms with E-state index in [1.54, 1.807) is 11.3 Å². The van der Waals surface area contributed by atoms with Crippen LogP contribution in [-0.2, 0) is 4.79 Å². The number of carbonyl (C=O) groups is 1. The Labute approximate surface area is 161 Å². The van der Waals surface area contributed by atoms with Crippen LogP contribution in [0.4, 0.5) is 0 Å². The van der Waals surface area contributed by atoms with E-state index in [1.807, 2.05) is 54.8 Å². The molecule has 0 aliphatic heterocycles. The number of aromatic nitrogens is 3. The van der Waals surface area contributed by atoms with E-state index in [2.05, 4.69) is 33.9 Å². The Morgan fingerprint density at radius 1 is 1.15 bits per heavy atom. The van der Waals surface area contributed by atoms with Crippen molar-refractivity contribution >= 4 is 29.0 Å². The fourth-order valence-corrected chi connectivity index (χ4v) is 4.24. The highest BCUT2D eigenvalue weighted by atomic mass is 32.2. The zero-order chi connectivity index (χ0) is 18.5. The molecule has 0 radical (unpaired) electrons. The van der Waals surface area contributed by atoms with Crippen LogP contribution >= 0.6 is 23.1 Å². The van der Waals surface area contributed by atoms with Gasteiger partial charge in [0, 0.05) is 6.04 Å². The molecule has 1 atom stereocenters. The molecule has 0 aliphatic carbocycles. The van der Waals surface area contributed by atoms with Gasteiger partial charge in [0.15, 0.2) is 11.0 Å². The molecule has 7 heteroatoms. The quantitative estimate of drug-likeness (QED) is 0.605. The second kappa shape index (κ2) is 8.51. The maximum absolute atomic E-state index is 12.3. The lowest BCUT2D eigenvalue weighted by Gasteiger charge is -2.15. The maximum Gasteiger partial charge on any atom is 0.230 e. The van der Waals surface area contributed by atoms with Gasteiger partial charge in [-0.2, -0.15) is 0 Å². The fourth-order valence-electron chi connectivity index (χ4n) is 2.65.